The zero-order valence-electron chi connectivity index (χ0n) is 9.49. The van der Waals surface area contributed by atoms with Gasteiger partial charge in [-0.1, -0.05) is 6.92 Å². The molecule has 4 nitrogen and oxygen atoms in total. The molecular formula is C11H17BrN4. The molecule has 0 saturated carbocycles. The summed E-state index contributed by atoms with van der Waals surface area (Å²) in [6.07, 6.45) is 5.81. The predicted molar refractivity (Wildman–Crippen MR) is 68.3 cm³/mol. The van der Waals surface area contributed by atoms with E-state index in [-0.39, 0.29) is 0 Å². The van der Waals surface area contributed by atoms with E-state index in [2.05, 4.69) is 37.7 Å². The van der Waals surface area contributed by atoms with E-state index in [0.29, 0.717) is 5.41 Å². The molecule has 1 aliphatic heterocycles. The second kappa shape index (κ2) is 4.67. The highest BCUT2D eigenvalue weighted by molar-refractivity contribution is 9.10. The van der Waals surface area contributed by atoms with Gasteiger partial charge in [0.15, 0.2) is 0 Å². The lowest BCUT2D eigenvalue weighted by molar-refractivity contribution is 0.257. The normalized spacial score (nSPS) is 19.8. The topological polar surface area (TPSA) is 55.0 Å². The number of piperidine rings is 1. The number of halogens is 1. The minimum absolute atomic E-state index is 0.297. The van der Waals surface area contributed by atoms with Crippen LogP contribution in [0, 0.1) is 5.41 Å². The fourth-order valence-corrected chi connectivity index (χ4v) is 2.12. The molecule has 0 amide bonds. The number of nitrogens with zero attached hydrogens (tertiary/aromatic N) is 3. The highest BCUT2D eigenvalue weighted by Gasteiger charge is 2.29. The van der Waals surface area contributed by atoms with Crippen LogP contribution in [-0.4, -0.2) is 29.6 Å². The first-order valence-electron chi connectivity index (χ1n) is 5.55. The van der Waals surface area contributed by atoms with Crippen molar-refractivity contribution in [2.45, 2.75) is 19.8 Å². The van der Waals surface area contributed by atoms with E-state index in [0.717, 1.165) is 42.9 Å². The Morgan fingerprint density at radius 2 is 1.94 bits per heavy atom. The van der Waals surface area contributed by atoms with Gasteiger partial charge in [0, 0.05) is 25.5 Å². The number of hydrogen-bond acceptors (Lipinski definition) is 4. The Hall–Kier alpha value is -0.680. The van der Waals surface area contributed by atoms with Gasteiger partial charge in [0.25, 0.3) is 0 Å². The van der Waals surface area contributed by atoms with Crippen LogP contribution >= 0.6 is 15.9 Å². The number of anilines is 1. The first-order chi connectivity index (χ1) is 7.63. The highest BCUT2D eigenvalue weighted by atomic mass is 79.9. The van der Waals surface area contributed by atoms with Crippen LogP contribution < -0.4 is 10.6 Å². The van der Waals surface area contributed by atoms with Gasteiger partial charge in [-0.25, -0.2) is 9.97 Å². The lowest BCUT2D eigenvalue weighted by Crippen LogP contribution is -2.42. The molecule has 5 heteroatoms. The van der Waals surface area contributed by atoms with E-state index in [9.17, 15) is 0 Å². The van der Waals surface area contributed by atoms with Gasteiger partial charge in [-0.15, -0.1) is 0 Å². The predicted octanol–water partition coefficient (Wildman–Crippen LogP) is 1.80. The Bertz CT molecular complexity index is 344. The fourth-order valence-electron chi connectivity index (χ4n) is 1.92. The van der Waals surface area contributed by atoms with E-state index in [1.807, 2.05) is 0 Å². The van der Waals surface area contributed by atoms with Crippen LogP contribution in [0.4, 0.5) is 5.95 Å². The Morgan fingerprint density at radius 1 is 1.38 bits per heavy atom. The van der Waals surface area contributed by atoms with Crippen molar-refractivity contribution in [2.24, 2.45) is 11.1 Å². The lowest BCUT2D eigenvalue weighted by Gasteiger charge is -2.38. The van der Waals surface area contributed by atoms with Gasteiger partial charge in [0.1, 0.15) is 0 Å². The van der Waals surface area contributed by atoms with Gasteiger partial charge in [-0.3, -0.25) is 0 Å². The summed E-state index contributed by atoms with van der Waals surface area (Å²) in [6, 6.07) is 0. The molecule has 16 heavy (non-hydrogen) atoms. The summed E-state index contributed by atoms with van der Waals surface area (Å²) in [7, 11) is 0. The summed E-state index contributed by atoms with van der Waals surface area (Å²) in [4.78, 5) is 10.9. The van der Waals surface area contributed by atoms with Crippen LogP contribution in [0.3, 0.4) is 0 Å². The molecule has 2 heterocycles. The van der Waals surface area contributed by atoms with Crippen LogP contribution in [0.25, 0.3) is 0 Å². The number of nitrogens with two attached hydrogens (primary N) is 1. The molecule has 0 atom stereocenters. The van der Waals surface area contributed by atoms with Gasteiger partial charge in [0.2, 0.25) is 5.95 Å². The van der Waals surface area contributed by atoms with Crippen molar-refractivity contribution >= 4 is 21.9 Å². The number of rotatable bonds is 2. The maximum atomic E-state index is 5.79. The molecule has 2 rings (SSSR count). The van der Waals surface area contributed by atoms with Gasteiger partial charge in [0.05, 0.1) is 4.47 Å². The third-order valence-electron chi connectivity index (χ3n) is 3.35. The first kappa shape index (κ1) is 11.8. The molecular weight excluding hydrogens is 268 g/mol. The molecule has 0 unspecified atom stereocenters. The molecule has 1 aromatic rings. The summed E-state index contributed by atoms with van der Waals surface area (Å²) in [5.74, 6) is 0.822. The molecule has 0 aromatic carbocycles. The van der Waals surface area contributed by atoms with Crippen LogP contribution in [-0.2, 0) is 0 Å². The van der Waals surface area contributed by atoms with Crippen molar-refractivity contribution < 1.29 is 0 Å². The van der Waals surface area contributed by atoms with E-state index in [4.69, 9.17) is 5.73 Å². The minimum atomic E-state index is 0.297. The molecule has 0 aliphatic carbocycles. The van der Waals surface area contributed by atoms with Crippen molar-refractivity contribution in [3.05, 3.63) is 16.9 Å². The van der Waals surface area contributed by atoms with Crippen molar-refractivity contribution in [3.63, 3.8) is 0 Å². The van der Waals surface area contributed by atoms with Crippen LogP contribution in [0.15, 0.2) is 16.9 Å². The molecule has 0 radical (unpaired) electrons. The SMILES string of the molecule is CC1(CN)CCN(c2ncc(Br)cn2)CC1. The smallest absolute Gasteiger partial charge is 0.225 e. The maximum absolute atomic E-state index is 5.79. The fraction of sp³-hybridized carbons (Fsp3) is 0.636. The third kappa shape index (κ3) is 2.52. The van der Waals surface area contributed by atoms with Crippen molar-refractivity contribution in [2.75, 3.05) is 24.5 Å². The van der Waals surface area contributed by atoms with Crippen LogP contribution in [0.2, 0.25) is 0 Å². The summed E-state index contributed by atoms with van der Waals surface area (Å²) >= 11 is 3.34. The number of aromatic nitrogens is 2. The van der Waals surface area contributed by atoms with E-state index in [1.165, 1.54) is 0 Å². The molecule has 88 valence electrons. The summed E-state index contributed by atoms with van der Waals surface area (Å²) in [5.41, 5.74) is 6.08. The Morgan fingerprint density at radius 3 is 2.44 bits per heavy atom. The first-order valence-corrected chi connectivity index (χ1v) is 6.35. The molecule has 1 aliphatic rings. The Balaban J connectivity index is 2.01. The molecule has 1 saturated heterocycles. The summed E-state index contributed by atoms with van der Waals surface area (Å²) in [6.45, 7) is 5.01. The zero-order chi connectivity index (χ0) is 11.6. The summed E-state index contributed by atoms with van der Waals surface area (Å²) in [5, 5.41) is 0. The molecule has 2 N–H and O–H groups in total. The average molecular weight is 285 g/mol. The molecule has 1 fully saturated rings. The zero-order valence-corrected chi connectivity index (χ0v) is 11.1. The Labute approximate surface area is 104 Å². The standard InChI is InChI=1S/C11H17BrN4/c1-11(8-13)2-4-16(5-3-11)10-14-6-9(12)7-15-10/h6-7H,2-5,8,13H2,1H3. The van der Waals surface area contributed by atoms with Crippen molar-refractivity contribution in [1.82, 2.24) is 9.97 Å². The van der Waals surface area contributed by atoms with Crippen LogP contribution in [0.1, 0.15) is 19.8 Å². The van der Waals surface area contributed by atoms with Crippen molar-refractivity contribution in [1.29, 1.82) is 0 Å². The van der Waals surface area contributed by atoms with E-state index in [1.54, 1.807) is 12.4 Å². The molecule has 0 spiro atoms. The average Bonchev–Trinajstić information content (AvgIpc) is 2.32. The van der Waals surface area contributed by atoms with E-state index < -0.39 is 0 Å². The Kier molecular flexibility index (Phi) is 3.44. The van der Waals surface area contributed by atoms with Gasteiger partial charge in [-0.2, -0.15) is 0 Å². The molecule has 0 bridgehead atoms. The summed E-state index contributed by atoms with van der Waals surface area (Å²) < 4.78 is 0.917. The van der Waals surface area contributed by atoms with Gasteiger partial charge in [-0.05, 0) is 40.7 Å². The van der Waals surface area contributed by atoms with Crippen molar-refractivity contribution in [3.8, 4) is 0 Å². The maximum Gasteiger partial charge on any atom is 0.225 e. The van der Waals surface area contributed by atoms with Gasteiger partial charge < -0.3 is 10.6 Å². The van der Waals surface area contributed by atoms with E-state index >= 15 is 0 Å². The van der Waals surface area contributed by atoms with Gasteiger partial charge >= 0.3 is 0 Å². The van der Waals surface area contributed by atoms with Crippen LogP contribution in [0.5, 0.6) is 0 Å². The minimum Gasteiger partial charge on any atom is -0.341 e. The third-order valence-corrected chi connectivity index (χ3v) is 3.76. The molecule has 1 aromatic heterocycles. The quantitative estimate of drug-likeness (QED) is 0.900. The second-order valence-electron chi connectivity index (χ2n) is 4.70. The monoisotopic (exact) mass is 284 g/mol. The lowest BCUT2D eigenvalue weighted by atomic mass is 9.81. The highest BCUT2D eigenvalue weighted by Crippen LogP contribution is 2.30. The largest absolute Gasteiger partial charge is 0.341 e. The number of hydrogen-bond donors (Lipinski definition) is 1. The second-order valence-corrected chi connectivity index (χ2v) is 5.62.